The molecule has 8 heteroatoms. The van der Waals surface area contributed by atoms with E-state index in [0.717, 1.165) is 6.42 Å². The van der Waals surface area contributed by atoms with Gasteiger partial charge in [-0.15, -0.1) is 0 Å². The number of fused-ring (bicyclic) bond motifs is 1. The highest BCUT2D eigenvalue weighted by atomic mass is 16.5. The van der Waals surface area contributed by atoms with Crippen molar-refractivity contribution in [1.82, 2.24) is 14.7 Å². The average Bonchev–Trinajstić information content (AvgIpc) is 2.98. The van der Waals surface area contributed by atoms with E-state index in [4.69, 9.17) is 4.74 Å². The Bertz CT molecular complexity index is 815. The predicted octanol–water partition coefficient (Wildman–Crippen LogP) is 1.40. The third kappa shape index (κ3) is 4.32. The number of methoxy groups -OCH3 is 1. The molecule has 8 nitrogen and oxygen atoms in total. The Labute approximate surface area is 170 Å². The maximum Gasteiger partial charge on any atom is 0.261 e. The van der Waals surface area contributed by atoms with Gasteiger partial charge in [0.15, 0.2) is 0 Å². The molecular weight excluding hydrogens is 374 g/mol. The second-order valence-corrected chi connectivity index (χ2v) is 7.29. The fourth-order valence-corrected chi connectivity index (χ4v) is 3.71. The number of ether oxygens (including phenoxy) is 1. The van der Waals surface area contributed by atoms with Crippen molar-refractivity contribution < 1.29 is 23.9 Å². The van der Waals surface area contributed by atoms with Gasteiger partial charge in [-0.05, 0) is 31.0 Å². The van der Waals surface area contributed by atoms with Gasteiger partial charge in [0.05, 0.1) is 11.1 Å². The minimum Gasteiger partial charge on any atom is -0.385 e. The van der Waals surface area contributed by atoms with Crippen LogP contribution in [-0.4, -0.2) is 84.8 Å². The van der Waals surface area contributed by atoms with Gasteiger partial charge in [-0.2, -0.15) is 0 Å². The van der Waals surface area contributed by atoms with E-state index in [0.29, 0.717) is 56.8 Å². The molecule has 0 atom stereocenters. The number of carbonyl (C=O) groups excluding carboxylic acids is 4. The van der Waals surface area contributed by atoms with E-state index in [-0.39, 0.29) is 35.7 Å². The molecule has 0 radical (unpaired) electrons. The molecule has 2 aliphatic rings. The molecule has 0 spiro atoms. The maximum absolute atomic E-state index is 12.9. The summed E-state index contributed by atoms with van der Waals surface area (Å²) < 4.78 is 4.98. The summed E-state index contributed by atoms with van der Waals surface area (Å²) >= 11 is 0. The summed E-state index contributed by atoms with van der Waals surface area (Å²) in [5.74, 6) is -0.767. The lowest BCUT2D eigenvalue weighted by Gasteiger charge is -2.35. The topological polar surface area (TPSA) is 87.2 Å². The Balaban J connectivity index is 1.67. The van der Waals surface area contributed by atoms with Crippen LogP contribution in [0.15, 0.2) is 18.2 Å². The molecule has 1 aromatic rings. The van der Waals surface area contributed by atoms with E-state index < -0.39 is 0 Å². The predicted molar refractivity (Wildman–Crippen MR) is 106 cm³/mol. The van der Waals surface area contributed by atoms with Gasteiger partial charge in [-0.1, -0.05) is 6.92 Å². The summed E-state index contributed by atoms with van der Waals surface area (Å²) in [6, 6.07) is 4.67. The van der Waals surface area contributed by atoms with E-state index in [1.165, 1.54) is 11.0 Å². The number of nitrogens with zero attached hydrogens (tertiary/aromatic N) is 3. The number of carbonyl (C=O) groups is 4. The molecule has 0 saturated carbocycles. The van der Waals surface area contributed by atoms with Crippen LogP contribution in [0.4, 0.5) is 0 Å². The Kier molecular flexibility index (Phi) is 6.64. The van der Waals surface area contributed by atoms with Crippen molar-refractivity contribution in [3.8, 4) is 0 Å². The first-order chi connectivity index (χ1) is 14.0. The van der Waals surface area contributed by atoms with Crippen LogP contribution in [0.2, 0.25) is 0 Å². The van der Waals surface area contributed by atoms with Crippen LogP contribution < -0.4 is 0 Å². The second-order valence-electron chi connectivity index (χ2n) is 7.29. The SMILES string of the molecule is CCCC(=O)N1CCN(C(=O)c2ccc3c(c2)C(=O)N(CCCOC)C3=O)CC1. The number of benzene rings is 1. The summed E-state index contributed by atoms with van der Waals surface area (Å²) in [6.45, 7) is 4.67. The van der Waals surface area contributed by atoms with Crippen LogP contribution in [0, 0.1) is 0 Å². The van der Waals surface area contributed by atoms with Crippen LogP contribution in [0.3, 0.4) is 0 Å². The van der Waals surface area contributed by atoms with Crippen molar-refractivity contribution >= 4 is 23.6 Å². The smallest absolute Gasteiger partial charge is 0.261 e. The monoisotopic (exact) mass is 401 g/mol. The quantitative estimate of drug-likeness (QED) is 0.509. The van der Waals surface area contributed by atoms with Crippen molar-refractivity contribution in [2.24, 2.45) is 0 Å². The van der Waals surface area contributed by atoms with Gasteiger partial charge in [0, 0.05) is 58.4 Å². The summed E-state index contributed by atoms with van der Waals surface area (Å²) in [5, 5.41) is 0. The van der Waals surface area contributed by atoms with E-state index in [9.17, 15) is 19.2 Å². The number of rotatable bonds is 7. The molecule has 1 fully saturated rings. The highest BCUT2D eigenvalue weighted by Gasteiger charge is 2.36. The normalized spacial score (nSPS) is 16.4. The van der Waals surface area contributed by atoms with E-state index in [1.54, 1.807) is 29.0 Å². The van der Waals surface area contributed by atoms with Crippen molar-refractivity contribution in [1.29, 1.82) is 0 Å². The largest absolute Gasteiger partial charge is 0.385 e. The molecule has 2 heterocycles. The average molecular weight is 401 g/mol. The number of hydrogen-bond acceptors (Lipinski definition) is 5. The van der Waals surface area contributed by atoms with E-state index in [1.807, 2.05) is 6.92 Å². The Morgan fingerprint density at radius 3 is 2.31 bits per heavy atom. The van der Waals surface area contributed by atoms with Crippen LogP contribution in [-0.2, 0) is 9.53 Å². The van der Waals surface area contributed by atoms with E-state index in [2.05, 4.69) is 0 Å². The summed E-state index contributed by atoms with van der Waals surface area (Å²) in [4.78, 5) is 54.7. The molecule has 1 aromatic carbocycles. The molecule has 1 saturated heterocycles. The van der Waals surface area contributed by atoms with Gasteiger partial charge in [0.25, 0.3) is 17.7 Å². The van der Waals surface area contributed by atoms with Crippen molar-refractivity contribution in [3.05, 3.63) is 34.9 Å². The first-order valence-electron chi connectivity index (χ1n) is 10.0. The lowest BCUT2D eigenvalue weighted by molar-refractivity contribution is -0.132. The van der Waals surface area contributed by atoms with Gasteiger partial charge in [-0.25, -0.2) is 0 Å². The number of hydrogen-bond donors (Lipinski definition) is 0. The van der Waals surface area contributed by atoms with Gasteiger partial charge >= 0.3 is 0 Å². The van der Waals surface area contributed by atoms with Crippen molar-refractivity contribution in [3.63, 3.8) is 0 Å². The summed E-state index contributed by atoms with van der Waals surface area (Å²) in [7, 11) is 1.57. The first-order valence-corrected chi connectivity index (χ1v) is 10.0. The van der Waals surface area contributed by atoms with Gasteiger partial charge in [0.1, 0.15) is 0 Å². The van der Waals surface area contributed by atoms with Crippen LogP contribution in [0.1, 0.15) is 57.3 Å². The molecule has 0 aliphatic carbocycles. The van der Waals surface area contributed by atoms with E-state index >= 15 is 0 Å². The zero-order valence-corrected chi connectivity index (χ0v) is 17.0. The van der Waals surface area contributed by atoms with Crippen molar-refractivity contribution in [2.75, 3.05) is 46.4 Å². The molecule has 156 valence electrons. The summed E-state index contributed by atoms with van der Waals surface area (Å²) in [6.07, 6.45) is 1.90. The third-order valence-electron chi connectivity index (χ3n) is 5.33. The minimum absolute atomic E-state index is 0.120. The molecule has 2 aliphatic heterocycles. The van der Waals surface area contributed by atoms with Crippen molar-refractivity contribution in [2.45, 2.75) is 26.2 Å². The number of piperazine rings is 1. The molecule has 0 aromatic heterocycles. The third-order valence-corrected chi connectivity index (χ3v) is 5.33. The molecule has 4 amide bonds. The van der Waals surface area contributed by atoms with Gasteiger partial charge < -0.3 is 14.5 Å². The minimum atomic E-state index is -0.370. The second kappa shape index (κ2) is 9.17. The highest BCUT2D eigenvalue weighted by Crippen LogP contribution is 2.25. The summed E-state index contributed by atoms with van der Waals surface area (Å²) in [5.41, 5.74) is 0.992. The lowest BCUT2D eigenvalue weighted by Crippen LogP contribution is -2.50. The number of amides is 4. The fourth-order valence-electron chi connectivity index (χ4n) is 3.71. The van der Waals surface area contributed by atoms with Crippen LogP contribution in [0.5, 0.6) is 0 Å². The Hall–Kier alpha value is -2.74. The van der Waals surface area contributed by atoms with Gasteiger partial charge in [0.2, 0.25) is 5.91 Å². The zero-order chi connectivity index (χ0) is 21.0. The molecule has 29 heavy (non-hydrogen) atoms. The molecule has 0 unspecified atom stereocenters. The fraction of sp³-hybridized carbons (Fsp3) is 0.524. The molecular formula is C21H27N3O5. The zero-order valence-electron chi connectivity index (χ0n) is 17.0. The van der Waals surface area contributed by atoms with Gasteiger partial charge in [-0.3, -0.25) is 24.1 Å². The lowest BCUT2D eigenvalue weighted by atomic mass is 10.0. The molecule has 0 bridgehead atoms. The number of imide groups is 1. The Morgan fingerprint density at radius 1 is 1.00 bits per heavy atom. The molecule has 3 rings (SSSR count). The van der Waals surface area contributed by atoms with Crippen LogP contribution in [0.25, 0.3) is 0 Å². The first kappa shape index (κ1) is 21.0. The molecule has 0 N–H and O–H groups in total. The maximum atomic E-state index is 12.9. The Morgan fingerprint density at radius 2 is 1.66 bits per heavy atom. The highest BCUT2D eigenvalue weighted by molar-refractivity contribution is 6.22. The van der Waals surface area contributed by atoms with Crippen LogP contribution >= 0.6 is 0 Å². The standard InChI is InChI=1S/C21H27N3O5/c1-3-5-18(25)22-9-11-23(12-10-22)19(26)15-6-7-16-17(14-15)21(28)24(20(16)27)8-4-13-29-2/h6-7,14H,3-5,8-13H2,1-2H3.